The van der Waals surface area contributed by atoms with Crippen LogP contribution >= 0.6 is 12.2 Å². The lowest BCUT2D eigenvalue weighted by Crippen LogP contribution is -2.32. The summed E-state index contributed by atoms with van der Waals surface area (Å²) in [5, 5.41) is 5.44. The minimum atomic E-state index is -0.379. The van der Waals surface area contributed by atoms with Crippen LogP contribution in [0, 0.1) is 5.82 Å². The average Bonchev–Trinajstić information content (AvgIpc) is 2.55. The molecular formula is C17H15FN2O2S. The molecule has 0 aliphatic rings. The molecule has 2 aromatic carbocycles. The van der Waals surface area contributed by atoms with E-state index >= 15 is 0 Å². The number of para-hydroxylation sites is 1. The number of carbonyl (C=O) groups is 1. The summed E-state index contributed by atoms with van der Waals surface area (Å²) >= 11 is 5.03. The molecule has 0 spiro atoms. The summed E-state index contributed by atoms with van der Waals surface area (Å²) < 4.78 is 18.0. The number of amides is 1. The molecule has 23 heavy (non-hydrogen) atoms. The quantitative estimate of drug-likeness (QED) is 0.667. The van der Waals surface area contributed by atoms with E-state index in [4.69, 9.17) is 17.0 Å². The van der Waals surface area contributed by atoms with E-state index in [1.54, 1.807) is 19.3 Å². The summed E-state index contributed by atoms with van der Waals surface area (Å²) in [5.41, 5.74) is 1.37. The highest BCUT2D eigenvalue weighted by molar-refractivity contribution is 7.80. The van der Waals surface area contributed by atoms with Gasteiger partial charge in [0.15, 0.2) is 5.11 Å². The maximum atomic E-state index is 12.8. The van der Waals surface area contributed by atoms with E-state index in [2.05, 4.69) is 10.6 Å². The van der Waals surface area contributed by atoms with Crippen molar-refractivity contribution >= 4 is 35.0 Å². The molecule has 0 heterocycles. The third-order valence-electron chi connectivity index (χ3n) is 2.89. The van der Waals surface area contributed by atoms with Gasteiger partial charge in [-0.1, -0.05) is 18.2 Å². The zero-order valence-corrected chi connectivity index (χ0v) is 13.2. The van der Waals surface area contributed by atoms with Crippen LogP contribution in [-0.2, 0) is 4.79 Å². The van der Waals surface area contributed by atoms with Crippen LogP contribution in [0.5, 0.6) is 5.75 Å². The van der Waals surface area contributed by atoms with Gasteiger partial charge in [0.2, 0.25) is 5.91 Å². The van der Waals surface area contributed by atoms with Crippen LogP contribution < -0.4 is 15.4 Å². The molecule has 118 valence electrons. The minimum Gasteiger partial charge on any atom is -0.496 e. The van der Waals surface area contributed by atoms with Crippen molar-refractivity contribution in [2.75, 3.05) is 12.4 Å². The van der Waals surface area contributed by atoms with Gasteiger partial charge in [0, 0.05) is 17.3 Å². The Hall–Kier alpha value is -2.73. The SMILES string of the molecule is COc1ccccc1C=CC(=O)NC(=S)Nc1ccc(F)cc1. The second-order valence-corrected chi connectivity index (χ2v) is 4.93. The summed E-state index contributed by atoms with van der Waals surface area (Å²) in [7, 11) is 1.56. The third kappa shape index (κ3) is 5.19. The van der Waals surface area contributed by atoms with E-state index in [1.165, 1.54) is 30.3 Å². The molecule has 0 atom stereocenters. The normalized spacial score (nSPS) is 10.3. The van der Waals surface area contributed by atoms with Crippen molar-refractivity contribution in [3.05, 3.63) is 66.0 Å². The van der Waals surface area contributed by atoms with Crippen LogP contribution in [0.2, 0.25) is 0 Å². The number of benzene rings is 2. The monoisotopic (exact) mass is 330 g/mol. The topological polar surface area (TPSA) is 50.4 Å². The first kappa shape index (κ1) is 16.6. The predicted octanol–water partition coefficient (Wildman–Crippen LogP) is 3.36. The predicted molar refractivity (Wildman–Crippen MR) is 92.8 cm³/mol. The van der Waals surface area contributed by atoms with Gasteiger partial charge >= 0.3 is 0 Å². The lowest BCUT2D eigenvalue weighted by molar-refractivity contribution is -0.115. The van der Waals surface area contributed by atoms with Gasteiger partial charge in [-0.25, -0.2) is 4.39 Å². The maximum Gasteiger partial charge on any atom is 0.250 e. The fourth-order valence-electron chi connectivity index (χ4n) is 1.82. The summed E-state index contributed by atoms with van der Waals surface area (Å²) in [6.45, 7) is 0. The number of rotatable bonds is 4. The third-order valence-corrected chi connectivity index (χ3v) is 3.10. The number of carbonyl (C=O) groups excluding carboxylic acids is 1. The fraction of sp³-hybridized carbons (Fsp3) is 0.0588. The van der Waals surface area contributed by atoms with Gasteiger partial charge in [-0.2, -0.15) is 0 Å². The summed E-state index contributed by atoms with van der Waals surface area (Å²) in [6.07, 6.45) is 2.99. The number of hydrogen-bond acceptors (Lipinski definition) is 3. The molecule has 6 heteroatoms. The minimum absolute atomic E-state index is 0.131. The first-order valence-corrected chi connectivity index (χ1v) is 7.18. The number of methoxy groups -OCH3 is 1. The molecule has 0 saturated heterocycles. The zero-order chi connectivity index (χ0) is 16.7. The smallest absolute Gasteiger partial charge is 0.250 e. The number of anilines is 1. The van der Waals surface area contributed by atoms with Gasteiger partial charge in [-0.05, 0) is 48.6 Å². The van der Waals surface area contributed by atoms with Gasteiger partial charge in [0.1, 0.15) is 11.6 Å². The van der Waals surface area contributed by atoms with Gasteiger partial charge < -0.3 is 10.1 Å². The van der Waals surface area contributed by atoms with Crippen LogP contribution in [0.3, 0.4) is 0 Å². The molecule has 0 aromatic heterocycles. The molecule has 2 aromatic rings. The van der Waals surface area contributed by atoms with E-state index in [0.29, 0.717) is 11.4 Å². The van der Waals surface area contributed by atoms with Crippen LogP contribution in [0.15, 0.2) is 54.6 Å². The lowest BCUT2D eigenvalue weighted by atomic mass is 10.2. The molecule has 0 bridgehead atoms. The maximum absolute atomic E-state index is 12.8. The molecular weight excluding hydrogens is 315 g/mol. The Bertz CT molecular complexity index is 730. The summed E-state index contributed by atoms with van der Waals surface area (Å²) in [4.78, 5) is 11.8. The molecule has 0 aliphatic carbocycles. The van der Waals surface area contributed by atoms with Gasteiger partial charge in [0.05, 0.1) is 7.11 Å². The van der Waals surface area contributed by atoms with Crippen LogP contribution in [0.1, 0.15) is 5.56 Å². The molecule has 0 fully saturated rings. The van der Waals surface area contributed by atoms with Gasteiger partial charge in [-0.15, -0.1) is 0 Å². The highest BCUT2D eigenvalue weighted by Gasteiger charge is 2.03. The van der Waals surface area contributed by atoms with Crippen LogP contribution in [0.4, 0.5) is 10.1 Å². The molecule has 2 N–H and O–H groups in total. The fourth-order valence-corrected chi connectivity index (χ4v) is 2.04. The number of ether oxygens (including phenoxy) is 1. The van der Waals surface area contributed by atoms with Crippen molar-refractivity contribution in [1.82, 2.24) is 5.32 Å². The first-order chi connectivity index (χ1) is 11.1. The lowest BCUT2D eigenvalue weighted by Gasteiger charge is -2.08. The van der Waals surface area contributed by atoms with Crippen molar-refractivity contribution < 1.29 is 13.9 Å². The van der Waals surface area contributed by atoms with E-state index in [9.17, 15) is 9.18 Å². The summed E-state index contributed by atoms with van der Waals surface area (Å²) in [6, 6.07) is 13.0. The highest BCUT2D eigenvalue weighted by atomic mass is 32.1. The number of halogens is 1. The Balaban J connectivity index is 1.92. The Morgan fingerprint density at radius 1 is 1.17 bits per heavy atom. The Morgan fingerprint density at radius 2 is 1.87 bits per heavy atom. The van der Waals surface area contributed by atoms with Crippen molar-refractivity contribution in [3.8, 4) is 5.75 Å². The second kappa shape index (κ2) is 8.05. The average molecular weight is 330 g/mol. The van der Waals surface area contributed by atoms with E-state index < -0.39 is 0 Å². The summed E-state index contributed by atoms with van der Waals surface area (Å²) in [5.74, 6) is -0.0515. The van der Waals surface area contributed by atoms with E-state index in [-0.39, 0.29) is 16.8 Å². The van der Waals surface area contributed by atoms with Crippen molar-refractivity contribution in [1.29, 1.82) is 0 Å². The number of nitrogens with one attached hydrogen (secondary N) is 2. The molecule has 0 unspecified atom stereocenters. The van der Waals surface area contributed by atoms with Crippen molar-refractivity contribution in [2.45, 2.75) is 0 Å². The van der Waals surface area contributed by atoms with Crippen molar-refractivity contribution in [3.63, 3.8) is 0 Å². The Labute approximate surface area is 139 Å². The van der Waals surface area contributed by atoms with Gasteiger partial charge in [0.25, 0.3) is 0 Å². The van der Waals surface area contributed by atoms with Crippen molar-refractivity contribution in [2.24, 2.45) is 0 Å². The standard InChI is InChI=1S/C17H15FN2O2S/c1-22-15-5-3-2-4-12(15)6-11-16(21)20-17(23)19-14-9-7-13(18)8-10-14/h2-11H,1H3,(H2,19,20,21,23). The largest absolute Gasteiger partial charge is 0.496 e. The Kier molecular flexibility index (Phi) is 5.82. The molecule has 2 rings (SSSR count). The Morgan fingerprint density at radius 3 is 2.57 bits per heavy atom. The van der Waals surface area contributed by atoms with E-state index in [1.807, 2.05) is 18.2 Å². The van der Waals surface area contributed by atoms with Crippen LogP contribution in [-0.4, -0.2) is 18.1 Å². The number of hydrogen-bond donors (Lipinski definition) is 2. The molecule has 0 radical (unpaired) electrons. The zero-order valence-electron chi connectivity index (χ0n) is 12.4. The second-order valence-electron chi connectivity index (χ2n) is 4.53. The molecule has 4 nitrogen and oxygen atoms in total. The first-order valence-electron chi connectivity index (χ1n) is 6.77. The number of thiocarbonyl (C=S) groups is 1. The molecule has 1 amide bonds. The highest BCUT2D eigenvalue weighted by Crippen LogP contribution is 2.18. The van der Waals surface area contributed by atoms with E-state index in [0.717, 1.165) is 5.56 Å². The van der Waals surface area contributed by atoms with Crippen LogP contribution in [0.25, 0.3) is 6.08 Å². The molecule has 0 aliphatic heterocycles. The molecule has 0 saturated carbocycles. The van der Waals surface area contributed by atoms with Gasteiger partial charge in [-0.3, -0.25) is 10.1 Å².